The molecule has 0 fully saturated rings. The Labute approximate surface area is 196 Å². The number of hydrogen-bond acceptors (Lipinski definition) is 3. The van der Waals surface area contributed by atoms with Crippen LogP contribution in [0.4, 0.5) is 5.69 Å². The number of pyridine rings is 1. The van der Waals surface area contributed by atoms with E-state index in [0.29, 0.717) is 10.6 Å². The number of aromatic carboxylic acids is 1. The fraction of sp³-hybridized carbons (Fsp3) is 0.0800. The Kier molecular flexibility index (Phi) is 7.97. The van der Waals surface area contributed by atoms with Gasteiger partial charge in [-0.2, -0.15) is 0 Å². The number of nitrogens with one attached hydrogen (secondary N) is 1. The van der Waals surface area contributed by atoms with E-state index in [1.165, 1.54) is 24.3 Å². The van der Waals surface area contributed by atoms with Gasteiger partial charge in [-0.3, -0.25) is 9.78 Å². The van der Waals surface area contributed by atoms with E-state index >= 15 is 0 Å². The molecule has 0 saturated heterocycles. The molecule has 164 valence electrons. The van der Waals surface area contributed by atoms with E-state index in [4.69, 9.17) is 23.2 Å². The highest BCUT2D eigenvalue weighted by Gasteiger charge is 2.17. The van der Waals surface area contributed by atoms with Crippen LogP contribution >= 0.6 is 23.2 Å². The Morgan fingerprint density at radius 3 is 2.34 bits per heavy atom. The quantitative estimate of drug-likeness (QED) is 0.326. The minimum Gasteiger partial charge on any atom is -0.478 e. The van der Waals surface area contributed by atoms with Crippen LogP contribution in [0.25, 0.3) is 22.0 Å². The second-order valence-electron chi connectivity index (χ2n) is 6.52. The number of aromatic nitrogens is 1. The molecule has 0 atom stereocenters. The van der Waals surface area contributed by atoms with Crippen LogP contribution in [0.3, 0.4) is 0 Å². The lowest BCUT2D eigenvalue weighted by Gasteiger charge is -2.12. The third kappa shape index (κ3) is 4.90. The lowest BCUT2D eigenvalue weighted by Crippen LogP contribution is -2.15. The molecule has 7 heteroatoms. The Bertz CT molecular complexity index is 1300. The van der Waals surface area contributed by atoms with Gasteiger partial charge in [-0.05, 0) is 42.0 Å². The maximum absolute atomic E-state index is 12.6. The summed E-state index contributed by atoms with van der Waals surface area (Å²) in [7, 11) is 0. The molecule has 0 aliphatic rings. The number of hydrogen-bond donors (Lipinski definition) is 2. The molecule has 0 aliphatic carbocycles. The van der Waals surface area contributed by atoms with Crippen molar-refractivity contribution in [2.24, 2.45) is 0 Å². The number of anilines is 1. The van der Waals surface area contributed by atoms with E-state index in [-0.39, 0.29) is 36.7 Å². The number of rotatable bonds is 4. The Morgan fingerprint density at radius 1 is 0.875 bits per heavy atom. The van der Waals surface area contributed by atoms with E-state index in [9.17, 15) is 14.7 Å². The zero-order chi connectivity index (χ0) is 21.3. The molecule has 0 aliphatic heterocycles. The standard InChI is InChI=1S/C23H14Cl2N2O3.2CH4/c24-15-7-8-17(19(25)12-15)22(28)27-20-9-6-14(11-18(20)23(29)30)16-5-1-3-13-4-2-10-26-21(13)16;;/h1-12H,(H,27,28)(H,29,30);2*1H4. The molecule has 1 amide bonds. The Morgan fingerprint density at radius 2 is 1.62 bits per heavy atom. The molecule has 0 unspecified atom stereocenters. The van der Waals surface area contributed by atoms with Crippen molar-refractivity contribution in [2.75, 3.05) is 5.32 Å². The highest BCUT2D eigenvalue weighted by Crippen LogP contribution is 2.31. The Hall–Kier alpha value is -3.41. The van der Waals surface area contributed by atoms with E-state index in [2.05, 4.69) is 10.3 Å². The SMILES string of the molecule is C.C.O=C(Nc1ccc(-c2cccc3cccnc23)cc1C(=O)O)c1ccc(Cl)cc1Cl. The average molecular weight is 469 g/mol. The summed E-state index contributed by atoms with van der Waals surface area (Å²) in [5.74, 6) is -1.69. The van der Waals surface area contributed by atoms with Gasteiger partial charge in [0.1, 0.15) is 0 Å². The first-order chi connectivity index (χ1) is 14.4. The van der Waals surface area contributed by atoms with E-state index in [1.807, 2.05) is 30.3 Å². The number of nitrogens with zero attached hydrogens (tertiary/aromatic N) is 1. The first-order valence-electron chi connectivity index (χ1n) is 8.92. The van der Waals surface area contributed by atoms with Gasteiger partial charge >= 0.3 is 5.97 Å². The molecule has 0 saturated carbocycles. The number of amides is 1. The smallest absolute Gasteiger partial charge is 0.337 e. The lowest BCUT2D eigenvalue weighted by molar-refractivity contribution is 0.0698. The van der Waals surface area contributed by atoms with E-state index in [1.54, 1.807) is 18.3 Å². The molecule has 1 aromatic heterocycles. The molecule has 0 radical (unpaired) electrons. The summed E-state index contributed by atoms with van der Waals surface area (Å²) in [6.45, 7) is 0. The van der Waals surface area contributed by atoms with E-state index in [0.717, 1.165) is 16.5 Å². The summed E-state index contributed by atoms with van der Waals surface area (Å²) in [6, 6.07) is 18.8. The maximum Gasteiger partial charge on any atom is 0.337 e. The van der Waals surface area contributed by atoms with Gasteiger partial charge in [0, 0.05) is 22.2 Å². The Balaban J connectivity index is 0.00000181. The van der Waals surface area contributed by atoms with Gasteiger partial charge in [-0.25, -0.2) is 4.79 Å². The lowest BCUT2D eigenvalue weighted by atomic mass is 9.99. The van der Waals surface area contributed by atoms with Crippen LogP contribution in [-0.4, -0.2) is 22.0 Å². The van der Waals surface area contributed by atoms with Crippen LogP contribution in [0.1, 0.15) is 35.6 Å². The number of carbonyl (C=O) groups is 2. The molecule has 0 spiro atoms. The summed E-state index contributed by atoms with van der Waals surface area (Å²) in [6.07, 6.45) is 1.69. The van der Waals surface area contributed by atoms with Gasteiger partial charge < -0.3 is 10.4 Å². The van der Waals surface area contributed by atoms with Crippen molar-refractivity contribution < 1.29 is 14.7 Å². The van der Waals surface area contributed by atoms with Crippen molar-refractivity contribution in [3.8, 4) is 11.1 Å². The topological polar surface area (TPSA) is 79.3 Å². The summed E-state index contributed by atoms with van der Waals surface area (Å²) in [5.41, 5.74) is 2.56. The molecule has 2 N–H and O–H groups in total. The second-order valence-corrected chi connectivity index (χ2v) is 7.37. The van der Waals surface area contributed by atoms with Crippen molar-refractivity contribution in [3.63, 3.8) is 0 Å². The molecule has 4 aromatic rings. The highest BCUT2D eigenvalue weighted by atomic mass is 35.5. The zero-order valence-electron chi connectivity index (χ0n) is 15.4. The maximum atomic E-state index is 12.6. The number of carboxylic acid groups (broad SMARTS) is 1. The summed E-state index contributed by atoms with van der Waals surface area (Å²) in [5, 5.41) is 13.9. The summed E-state index contributed by atoms with van der Waals surface area (Å²) >= 11 is 12.0. The highest BCUT2D eigenvalue weighted by molar-refractivity contribution is 6.37. The predicted octanol–water partition coefficient (Wildman–Crippen LogP) is 7.43. The largest absolute Gasteiger partial charge is 0.478 e. The average Bonchev–Trinajstić information content (AvgIpc) is 2.73. The zero-order valence-corrected chi connectivity index (χ0v) is 16.9. The fourth-order valence-electron chi connectivity index (χ4n) is 3.20. The van der Waals surface area contributed by atoms with Gasteiger partial charge in [0.15, 0.2) is 0 Å². The number of carboxylic acids is 1. The monoisotopic (exact) mass is 468 g/mol. The van der Waals surface area contributed by atoms with Crippen molar-refractivity contribution in [3.05, 3.63) is 94.1 Å². The predicted molar refractivity (Wildman–Crippen MR) is 132 cm³/mol. The number of halogens is 2. The third-order valence-electron chi connectivity index (χ3n) is 4.62. The van der Waals surface area contributed by atoms with Crippen molar-refractivity contribution in [1.29, 1.82) is 0 Å². The number of fused-ring (bicyclic) bond motifs is 1. The van der Waals surface area contributed by atoms with Gasteiger partial charge in [0.05, 0.1) is 27.4 Å². The number of para-hydroxylation sites is 1. The van der Waals surface area contributed by atoms with Gasteiger partial charge in [0.25, 0.3) is 5.91 Å². The van der Waals surface area contributed by atoms with Gasteiger partial charge in [0.2, 0.25) is 0 Å². The summed E-state index contributed by atoms with van der Waals surface area (Å²) in [4.78, 5) is 28.9. The van der Waals surface area contributed by atoms with Crippen LogP contribution in [-0.2, 0) is 0 Å². The van der Waals surface area contributed by atoms with Gasteiger partial charge in [-0.15, -0.1) is 0 Å². The normalized spacial score (nSPS) is 10.1. The molecular weight excluding hydrogens is 447 g/mol. The minimum absolute atomic E-state index is 0. The van der Waals surface area contributed by atoms with Crippen molar-refractivity contribution in [2.45, 2.75) is 14.9 Å². The van der Waals surface area contributed by atoms with Crippen LogP contribution in [0, 0.1) is 0 Å². The molecule has 32 heavy (non-hydrogen) atoms. The van der Waals surface area contributed by atoms with Crippen LogP contribution in [0.15, 0.2) is 72.9 Å². The first-order valence-corrected chi connectivity index (χ1v) is 9.67. The molecule has 5 nitrogen and oxygen atoms in total. The van der Waals surface area contributed by atoms with Crippen LogP contribution in [0.5, 0.6) is 0 Å². The molecular formula is C25H22Cl2N2O3. The van der Waals surface area contributed by atoms with Gasteiger partial charge in [-0.1, -0.05) is 68.4 Å². The van der Waals surface area contributed by atoms with Crippen molar-refractivity contribution in [1.82, 2.24) is 4.98 Å². The molecule has 4 rings (SSSR count). The van der Waals surface area contributed by atoms with Crippen LogP contribution in [0.2, 0.25) is 10.0 Å². The van der Waals surface area contributed by atoms with Crippen molar-refractivity contribution >= 4 is 51.7 Å². The second kappa shape index (κ2) is 10.3. The fourth-order valence-corrected chi connectivity index (χ4v) is 3.69. The molecule has 1 heterocycles. The summed E-state index contributed by atoms with van der Waals surface area (Å²) < 4.78 is 0. The first kappa shape index (κ1) is 24.9. The molecule has 3 aromatic carbocycles. The van der Waals surface area contributed by atoms with E-state index < -0.39 is 11.9 Å². The molecule has 0 bridgehead atoms. The number of benzene rings is 3. The third-order valence-corrected chi connectivity index (χ3v) is 5.17. The van der Waals surface area contributed by atoms with Crippen LogP contribution < -0.4 is 5.32 Å². The minimum atomic E-state index is -1.16. The number of carbonyl (C=O) groups excluding carboxylic acids is 1.